The smallest absolute Gasteiger partial charge is 0.255 e. The van der Waals surface area contributed by atoms with Crippen LogP contribution in [0.2, 0.25) is 0 Å². The van der Waals surface area contributed by atoms with Crippen LogP contribution in [-0.2, 0) is 15.1 Å². The highest BCUT2D eigenvalue weighted by atomic mass is 16.5. The van der Waals surface area contributed by atoms with Crippen molar-refractivity contribution in [3.05, 3.63) is 59.3 Å². The molecule has 1 saturated heterocycles. The number of aromatic nitrogens is 1. The van der Waals surface area contributed by atoms with Crippen LogP contribution in [0.15, 0.2) is 42.5 Å². The number of rotatable bonds is 5. The van der Waals surface area contributed by atoms with Gasteiger partial charge in [-0.05, 0) is 62.9 Å². The zero-order chi connectivity index (χ0) is 24.5. The summed E-state index contributed by atoms with van der Waals surface area (Å²) in [6.45, 7) is 6.47. The molecule has 2 amide bonds. The molecule has 1 N–H and O–H groups in total. The highest BCUT2D eigenvalue weighted by Gasteiger charge is 2.58. The van der Waals surface area contributed by atoms with Crippen LogP contribution >= 0.6 is 0 Å². The molecule has 0 bridgehead atoms. The number of ether oxygens (including phenoxy) is 2. The highest BCUT2D eigenvalue weighted by molar-refractivity contribution is 6.01. The molecule has 7 heteroatoms. The van der Waals surface area contributed by atoms with Crippen molar-refractivity contribution in [2.45, 2.75) is 57.2 Å². The summed E-state index contributed by atoms with van der Waals surface area (Å²) in [4.78, 5) is 34.6. The van der Waals surface area contributed by atoms with Gasteiger partial charge in [-0.1, -0.05) is 24.3 Å². The second kappa shape index (κ2) is 7.77. The van der Waals surface area contributed by atoms with E-state index in [0.717, 1.165) is 40.6 Å². The molecule has 3 aromatic rings. The molecule has 6 rings (SSSR count). The molecule has 0 radical (unpaired) electrons. The Morgan fingerprint density at radius 1 is 1.09 bits per heavy atom. The lowest BCUT2D eigenvalue weighted by Gasteiger charge is -2.51. The van der Waals surface area contributed by atoms with Crippen molar-refractivity contribution in [2.24, 2.45) is 0 Å². The molecular weight excluding hydrogens is 442 g/mol. The molecule has 2 atom stereocenters. The van der Waals surface area contributed by atoms with E-state index in [0.29, 0.717) is 18.0 Å². The number of piperazine rings is 1. The molecule has 0 spiro atoms. The van der Waals surface area contributed by atoms with E-state index in [2.05, 4.69) is 11.1 Å². The predicted molar refractivity (Wildman–Crippen MR) is 133 cm³/mol. The van der Waals surface area contributed by atoms with Crippen LogP contribution in [0.5, 0.6) is 11.5 Å². The van der Waals surface area contributed by atoms with Crippen LogP contribution in [-0.4, -0.2) is 58.9 Å². The number of nitrogens with one attached hydrogen (secondary N) is 1. The Labute approximate surface area is 205 Å². The number of para-hydroxylation sites is 1. The SMILES string of the molecule is COc1cc([C@H]2CN3C(=O)CN(C4CC4)C(=O)[C@]3(C)c3[nH]c4ccccc4c32)ccc1OC(C)C. The van der Waals surface area contributed by atoms with Crippen LogP contribution < -0.4 is 9.47 Å². The molecule has 2 aliphatic heterocycles. The molecule has 3 aliphatic rings. The summed E-state index contributed by atoms with van der Waals surface area (Å²) in [6.07, 6.45) is 1.97. The van der Waals surface area contributed by atoms with Crippen molar-refractivity contribution in [3.8, 4) is 11.5 Å². The first kappa shape index (κ1) is 22.0. The topological polar surface area (TPSA) is 74.9 Å². The van der Waals surface area contributed by atoms with Crippen molar-refractivity contribution in [1.29, 1.82) is 0 Å². The predicted octanol–water partition coefficient (Wildman–Crippen LogP) is 4.16. The van der Waals surface area contributed by atoms with Gasteiger partial charge in [-0.3, -0.25) is 9.59 Å². The lowest BCUT2D eigenvalue weighted by atomic mass is 9.76. The first-order chi connectivity index (χ1) is 16.8. The van der Waals surface area contributed by atoms with Gasteiger partial charge in [0, 0.05) is 29.4 Å². The summed E-state index contributed by atoms with van der Waals surface area (Å²) in [5.41, 5.74) is 2.85. The lowest BCUT2D eigenvalue weighted by molar-refractivity contribution is -0.166. The van der Waals surface area contributed by atoms with Gasteiger partial charge >= 0.3 is 0 Å². The first-order valence-corrected chi connectivity index (χ1v) is 12.4. The zero-order valence-corrected chi connectivity index (χ0v) is 20.6. The minimum atomic E-state index is -1.05. The Balaban J connectivity index is 1.53. The number of carbonyl (C=O) groups is 2. The van der Waals surface area contributed by atoms with Crippen LogP contribution in [0.1, 0.15) is 56.4 Å². The van der Waals surface area contributed by atoms with Gasteiger partial charge in [0.15, 0.2) is 17.0 Å². The normalized spacial score (nSPS) is 24.1. The van der Waals surface area contributed by atoms with Crippen molar-refractivity contribution in [3.63, 3.8) is 0 Å². The van der Waals surface area contributed by atoms with Gasteiger partial charge in [0.2, 0.25) is 5.91 Å². The Hall–Kier alpha value is -3.48. The minimum absolute atomic E-state index is 0.0000300. The van der Waals surface area contributed by atoms with E-state index in [4.69, 9.17) is 9.47 Å². The fraction of sp³-hybridized carbons (Fsp3) is 0.429. The van der Waals surface area contributed by atoms with Gasteiger partial charge in [0.1, 0.15) is 6.54 Å². The Bertz CT molecular complexity index is 1340. The van der Waals surface area contributed by atoms with Gasteiger partial charge in [0.05, 0.1) is 18.9 Å². The third-order valence-electron chi connectivity index (χ3n) is 7.71. The molecule has 182 valence electrons. The van der Waals surface area contributed by atoms with Gasteiger partial charge in [-0.2, -0.15) is 0 Å². The monoisotopic (exact) mass is 473 g/mol. The van der Waals surface area contributed by atoms with Crippen molar-refractivity contribution >= 4 is 22.7 Å². The zero-order valence-electron chi connectivity index (χ0n) is 20.6. The van der Waals surface area contributed by atoms with Crippen molar-refractivity contribution in [1.82, 2.24) is 14.8 Å². The quantitative estimate of drug-likeness (QED) is 0.604. The number of carbonyl (C=O) groups excluding carboxylic acids is 2. The third-order valence-corrected chi connectivity index (χ3v) is 7.71. The maximum absolute atomic E-state index is 13.9. The number of aromatic amines is 1. The molecular formula is C28H31N3O4. The average molecular weight is 474 g/mol. The minimum Gasteiger partial charge on any atom is -0.493 e. The maximum atomic E-state index is 13.9. The average Bonchev–Trinajstić information content (AvgIpc) is 3.61. The van der Waals surface area contributed by atoms with Crippen LogP contribution in [0.25, 0.3) is 10.9 Å². The van der Waals surface area contributed by atoms with Crippen LogP contribution in [0, 0.1) is 0 Å². The van der Waals surface area contributed by atoms with Crippen LogP contribution in [0.3, 0.4) is 0 Å². The van der Waals surface area contributed by atoms with E-state index in [1.807, 2.05) is 57.2 Å². The fourth-order valence-electron chi connectivity index (χ4n) is 5.86. The van der Waals surface area contributed by atoms with Gasteiger partial charge in [-0.25, -0.2) is 0 Å². The molecule has 7 nitrogen and oxygen atoms in total. The van der Waals surface area contributed by atoms with Crippen molar-refractivity contribution < 1.29 is 19.1 Å². The lowest BCUT2D eigenvalue weighted by Crippen LogP contribution is -2.67. The molecule has 1 aliphatic carbocycles. The van der Waals surface area contributed by atoms with E-state index in [1.165, 1.54) is 0 Å². The fourth-order valence-corrected chi connectivity index (χ4v) is 5.86. The summed E-state index contributed by atoms with van der Waals surface area (Å²) in [5.74, 6) is 1.26. The summed E-state index contributed by atoms with van der Waals surface area (Å²) in [6, 6.07) is 14.3. The first-order valence-electron chi connectivity index (χ1n) is 12.4. The number of hydrogen-bond donors (Lipinski definition) is 1. The summed E-state index contributed by atoms with van der Waals surface area (Å²) in [7, 11) is 1.64. The third kappa shape index (κ3) is 3.24. The summed E-state index contributed by atoms with van der Waals surface area (Å²) < 4.78 is 11.6. The van der Waals surface area contributed by atoms with E-state index in [9.17, 15) is 9.59 Å². The van der Waals surface area contributed by atoms with E-state index < -0.39 is 5.54 Å². The van der Waals surface area contributed by atoms with E-state index in [-0.39, 0.29) is 36.4 Å². The molecule has 2 aromatic carbocycles. The van der Waals surface area contributed by atoms with E-state index >= 15 is 0 Å². The number of H-pyrrole nitrogens is 1. The second-order valence-corrected chi connectivity index (χ2v) is 10.3. The molecule has 3 heterocycles. The number of amides is 2. The number of fused-ring (bicyclic) bond motifs is 5. The summed E-state index contributed by atoms with van der Waals surface area (Å²) >= 11 is 0. The van der Waals surface area contributed by atoms with Crippen molar-refractivity contribution in [2.75, 3.05) is 20.2 Å². The second-order valence-electron chi connectivity index (χ2n) is 10.3. The summed E-state index contributed by atoms with van der Waals surface area (Å²) in [5, 5.41) is 1.08. The maximum Gasteiger partial charge on any atom is 0.255 e. The standard InChI is InChI=1S/C28H31N3O4/c1-16(2)35-22-12-9-17(13-23(22)34-4)20-14-31-24(32)15-30(18-10-11-18)27(33)28(31,3)26-25(20)19-7-5-6-8-21(19)29-26/h5-9,12-13,16,18,20,29H,10-11,14-15H2,1-4H3/t20-,28+/m1/s1. The molecule has 0 unspecified atom stereocenters. The van der Waals surface area contributed by atoms with E-state index in [1.54, 1.807) is 16.9 Å². The number of nitrogens with zero attached hydrogens (tertiary/aromatic N) is 2. The molecule has 2 fully saturated rings. The Morgan fingerprint density at radius 2 is 1.86 bits per heavy atom. The van der Waals surface area contributed by atoms with Gasteiger partial charge < -0.3 is 24.3 Å². The Kier molecular flexibility index (Phi) is 4.88. The largest absolute Gasteiger partial charge is 0.493 e. The molecule has 1 aromatic heterocycles. The van der Waals surface area contributed by atoms with Crippen LogP contribution in [0.4, 0.5) is 0 Å². The number of methoxy groups -OCH3 is 1. The van der Waals surface area contributed by atoms with Gasteiger partial charge in [0.25, 0.3) is 5.91 Å². The number of benzene rings is 2. The molecule has 35 heavy (non-hydrogen) atoms. The highest BCUT2D eigenvalue weighted by Crippen LogP contribution is 2.50. The van der Waals surface area contributed by atoms with Gasteiger partial charge in [-0.15, -0.1) is 0 Å². The Morgan fingerprint density at radius 3 is 2.57 bits per heavy atom. The molecule has 1 saturated carbocycles. The number of hydrogen-bond acceptors (Lipinski definition) is 4.